The minimum Gasteiger partial charge on any atom is -0.337 e. The molecule has 1 saturated heterocycles. The molecule has 0 atom stereocenters. The van der Waals surface area contributed by atoms with E-state index in [-0.39, 0.29) is 5.91 Å². The van der Waals surface area contributed by atoms with Crippen LogP contribution >= 0.6 is 0 Å². The van der Waals surface area contributed by atoms with Crippen molar-refractivity contribution in [2.24, 2.45) is 0 Å². The maximum Gasteiger partial charge on any atom is 0.246 e. The number of hydrogen-bond acceptors (Lipinski definition) is 3. The molecule has 0 aromatic carbocycles. The van der Waals surface area contributed by atoms with Gasteiger partial charge in [-0.3, -0.25) is 9.48 Å². The van der Waals surface area contributed by atoms with Crippen LogP contribution in [0.25, 0.3) is 0 Å². The molecular formula is C12H18N4O. The highest BCUT2D eigenvalue weighted by molar-refractivity contribution is 5.87. The smallest absolute Gasteiger partial charge is 0.246 e. The standard InChI is InChI=1S/C12H18N4O/c1-14-8-10-15(11-9-14)12(17)4-2-6-16-7-3-5-13-16/h2-5,7H,6,8-11H2,1H3/b4-2+. The van der Waals surface area contributed by atoms with E-state index in [0.717, 1.165) is 26.2 Å². The summed E-state index contributed by atoms with van der Waals surface area (Å²) in [6, 6.07) is 1.87. The van der Waals surface area contributed by atoms with Crippen molar-refractivity contribution in [2.45, 2.75) is 6.54 Å². The van der Waals surface area contributed by atoms with Crippen molar-refractivity contribution >= 4 is 5.91 Å². The molecular weight excluding hydrogens is 216 g/mol. The van der Waals surface area contributed by atoms with Crippen LogP contribution in [0.5, 0.6) is 0 Å². The molecule has 5 heteroatoms. The molecule has 1 amide bonds. The summed E-state index contributed by atoms with van der Waals surface area (Å²) >= 11 is 0. The maximum atomic E-state index is 11.8. The van der Waals surface area contributed by atoms with Crippen LogP contribution in [-0.2, 0) is 11.3 Å². The monoisotopic (exact) mass is 234 g/mol. The van der Waals surface area contributed by atoms with E-state index in [4.69, 9.17) is 0 Å². The minimum absolute atomic E-state index is 0.102. The number of allylic oxidation sites excluding steroid dienone is 1. The van der Waals surface area contributed by atoms with Crippen LogP contribution in [0.1, 0.15) is 0 Å². The Morgan fingerprint density at radius 3 is 2.76 bits per heavy atom. The topological polar surface area (TPSA) is 41.4 Å². The number of amides is 1. The molecule has 1 aliphatic rings. The summed E-state index contributed by atoms with van der Waals surface area (Å²) in [6.45, 7) is 4.20. The predicted molar refractivity (Wildman–Crippen MR) is 65.4 cm³/mol. The number of nitrogens with zero attached hydrogens (tertiary/aromatic N) is 4. The molecule has 1 fully saturated rings. The van der Waals surface area contributed by atoms with Gasteiger partial charge in [0.15, 0.2) is 0 Å². The zero-order valence-electron chi connectivity index (χ0n) is 10.1. The number of piperazine rings is 1. The Kier molecular flexibility index (Phi) is 3.93. The van der Waals surface area contributed by atoms with E-state index in [1.165, 1.54) is 0 Å². The highest BCUT2D eigenvalue weighted by atomic mass is 16.2. The van der Waals surface area contributed by atoms with E-state index in [9.17, 15) is 4.79 Å². The van der Waals surface area contributed by atoms with Gasteiger partial charge in [0.1, 0.15) is 0 Å². The predicted octanol–water partition coefficient (Wildman–Crippen LogP) is 0.213. The van der Waals surface area contributed by atoms with Gasteiger partial charge in [0.25, 0.3) is 0 Å². The molecule has 2 heterocycles. The van der Waals surface area contributed by atoms with Crippen molar-refractivity contribution in [1.82, 2.24) is 19.6 Å². The van der Waals surface area contributed by atoms with Gasteiger partial charge in [-0.25, -0.2) is 0 Å². The fourth-order valence-electron chi connectivity index (χ4n) is 1.80. The summed E-state index contributed by atoms with van der Waals surface area (Å²) in [5, 5.41) is 4.07. The number of carbonyl (C=O) groups is 1. The zero-order valence-corrected chi connectivity index (χ0v) is 10.1. The SMILES string of the molecule is CN1CCN(C(=O)/C=C/Cn2cccn2)CC1. The molecule has 0 saturated carbocycles. The number of carbonyl (C=O) groups excluding carboxylic acids is 1. The Bertz CT molecular complexity index is 377. The van der Waals surface area contributed by atoms with Gasteiger partial charge in [0.2, 0.25) is 5.91 Å². The number of rotatable bonds is 3. The highest BCUT2D eigenvalue weighted by Crippen LogP contribution is 2.00. The van der Waals surface area contributed by atoms with Gasteiger partial charge in [0.05, 0.1) is 6.54 Å². The van der Waals surface area contributed by atoms with Crippen molar-refractivity contribution in [2.75, 3.05) is 33.2 Å². The lowest BCUT2D eigenvalue weighted by molar-refractivity contribution is -0.127. The second-order valence-electron chi connectivity index (χ2n) is 4.26. The van der Waals surface area contributed by atoms with Crippen molar-refractivity contribution in [3.05, 3.63) is 30.6 Å². The van der Waals surface area contributed by atoms with Crippen molar-refractivity contribution < 1.29 is 4.79 Å². The van der Waals surface area contributed by atoms with Crippen LogP contribution in [0.15, 0.2) is 30.6 Å². The fourth-order valence-corrected chi connectivity index (χ4v) is 1.80. The zero-order chi connectivity index (χ0) is 12.1. The Morgan fingerprint density at radius 1 is 1.35 bits per heavy atom. The lowest BCUT2D eigenvalue weighted by Gasteiger charge is -2.31. The average Bonchev–Trinajstić information content (AvgIpc) is 2.83. The van der Waals surface area contributed by atoms with E-state index in [0.29, 0.717) is 6.54 Å². The van der Waals surface area contributed by atoms with E-state index < -0.39 is 0 Å². The van der Waals surface area contributed by atoms with E-state index in [2.05, 4.69) is 17.0 Å². The van der Waals surface area contributed by atoms with E-state index in [1.54, 1.807) is 17.0 Å². The lowest BCUT2D eigenvalue weighted by atomic mass is 10.3. The molecule has 0 spiro atoms. The molecule has 0 aliphatic carbocycles. The second kappa shape index (κ2) is 5.63. The van der Waals surface area contributed by atoms with Crippen LogP contribution in [0.2, 0.25) is 0 Å². The van der Waals surface area contributed by atoms with Gasteiger partial charge in [-0.15, -0.1) is 0 Å². The third kappa shape index (κ3) is 3.42. The lowest BCUT2D eigenvalue weighted by Crippen LogP contribution is -2.46. The van der Waals surface area contributed by atoms with Crippen molar-refractivity contribution in [1.29, 1.82) is 0 Å². The van der Waals surface area contributed by atoms with Gasteiger partial charge in [-0.2, -0.15) is 5.10 Å². The summed E-state index contributed by atoms with van der Waals surface area (Å²) in [5.74, 6) is 0.102. The van der Waals surface area contributed by atoms with Gasteiger partial charge >= 0.3 is 0 Å². The number of aromatic nitrogens is 2. The van der Waals surface area contributed by atoms with Gasteiger partial charge in [-0.1, -0.05) is 6.08 Å². The summed E-state index contributed by atoms with van der Waals surface area (Å²) in [6.07, 6.45) is 7.11. The summed E-state index contributed by atoms with van der Waals surface area (Å²) in [7, 11) is 2.08. The summed E-state index contributed by atoms with van der Waals surface area (Å²) < 4.78 is 1.79. The first-order chi connectivity index (χ1) is 8.25. The molecule has 17 heavy (non-hydrogen) atoms. The van der Waals surface area contributed by atoms with Crippen LogP contribution in [0, 0.1) is 0 Å². The Hall–Kier alpha value is -1.62. The fraction of sp³-hybridized carbons (Fsp3) is 0.500. The molecule has 2 rings (SSSR count). The Morgan fingerprint density at radius 2 is 2.12 bits per heavy atom. The first-order valence-electron chi connectivity index (χ1n) is 5.87. The van der Waals surface area contributed by atoms with Gasteiger partial charge in [-0.05, 0) is 13.1 Å². The molecule has 0 bridgehead atoms. The van der Waals surface area contributed by atoms with Gasteiger partial charge in [0, 0.05) is 44.6 Å². The maximum absolute atomic E-state index is 11.8. The van der Waals surface area contributed by atoms with E-state index in [1.807, 2.05) is 23.2 Å². The van der Waals surface area contributed by atoms with Crippen LogP contribution in [0.3, 0.4) is 0 Å². The van der Waals surface area contributed by atoms with Crippen LogP contribution < -0.4 is 0 Å². The third-order valence-corrected chi connectivity index (χ3v) is 2.93. The molecule has 0 unspecified atom stereocenters. The van der Waals surface area contributed by atoms with Crippen LogP contribution in [0.4, 0.5) is 0 Å². The Balaban J connectivity index is 1.78. The minimum atomic E-state index is 0.102. The van der Waals surface area contributed by atoms with Gasteiger partial charge < -0.3 is 9.80 Å². The molecule has 1 aromatic rings. The van der Waals surface area contributed by atoms with Crippen LogP contribution in [-0.4, -0.2) is 58.7 Å². The largest absolute Gasteiger partial charge is 0.337 e. The highest BCUT2D eigenvalue weighted by Gasteiger charge is 2.16. The molecule has 1 aliphatic heterocycles. The number of likely N-dealkylation sites (N-methyl/N-ethyl adjacent to an activating group) is 1. The third-order valence-electron chi connectivity index (χ3n) is 2.93. The molecule has 1 aromatic heterocycles. The molecule has 92 valence electrons. The van der Waals surface area contributed by atoms with E-state index >= 15 is 0 Å². The number of hydrogen-bond donors (Lipinski definition) is 0. The summed E-state index contributed by atoms with van der Waals surface area (Å²) in [5.41, 5.74) is 0. The second-order valence-corrected chi connectivity index (χ2v) is 4.26. The molecule has 0 radical (unpaired) electrons. The average molecular weight is 234 g/mol. The normalized spacial score (nSPS) is 17.8. The Labute approximate surface area is 101 Å². The molecule has 5 nitrogen and oxygen atoms in total. The first-order valence-corrected chi connectivity index (χ1v) is 5.87. The quantitative estimate of drug-likeness (QED) is 0.702. The molecule has 0 N–H and O–H groups in total. The summed E-state index contributed by atoms with van der Waals surface area (Å²) in [4.78, 5) is 15.9. The van der Waals surface area contributed by atoms with Crippen molar-refractivity contribution in [3.8, 4) is 0 Å². The first kappa shape index (κ1) is 11.9. The van der Waals surface area contributed by atoms with Crippen molar-refractivity contribution in [3.63, 3.8) is 0 Å².